The third-order valence-corrected chi connectivity index (χ3v) is 7.41. The van der Waals surface area contributed by atoms with Crippen molar-refractivity contribution < 1.29 is 29.0 Å². The van der Waals surface area contributed by atoms with Crippen molar-refractivity contribution in [3.63, 3.8) is 0 Å². The molecule has 0 bridgehead atoms. The highest BCUT2D eigenvalue weighted by Gasteiger charge is 2.43. The summed E-state index contributed by atoms with van der Waals surface area (Å²) in [5.74, 6) is -2.10. The summed E-state index contributed by atoms with van der Waals surface area (Å²) in [5.41, 5.74) is 1.93. The molecule has 3 aromatic carbocycles. The second-order valence-electron chi connectivity index (χ2n) is 9.81. The van der Waals surface area contributed by atoms with Gasteiger partial charge in [-0.3, -0.25) is 14.4 Å². The number of aliphatic hydroxyl groups is 1. The molecule has 4 rings (SSSR count). The van der Waals surface area contributed by atoms with Crippen molar-refractivity contribution in [2.45, 2.75) is 50.7 Å². The number of halogens is 2. The van der Waals surface area contributed by atoms with E-state index in [0.717, 1.165) is 10.5 Å². The molecule has 0 radical (unpaired) electrons. The Labute approximate surface area is 236 Å². The summed E-state index contributed by atoms with van der Waals surface area (Å²) < 4.78 is 14.5. The van der Waals surface area contributed by atoms with E-state index in [2.05, 4.69) is 10.6 Å². The van der Waals surface area contributed by atoms with Gasteiger partial charge in [-0.15, -0.1) is 0 Å². The Morgan fingerprint density at radius 3 is 2.48 bits per heavy atom. The van der Waals surface area contributed by atoms with Gasteiger partial charge < -0.3 is 25.7 Å². The topological polar surface area (TPSA) is 119 Å². The lowest BCUT2D eigenvalue weighted by atomic mass is 9.98. The van der Waals surface area contributed by atoms with Crippen LogP contribution in [0.3, 0.4) is 0 Å². The van der Waals surface area contributed by atoms with Gasteiger partial charge >= 0.3 is 0 Å². The number of aromatic hydroxyl groups is 1. The van der Waals surface area contributed by atoms with Crippen molar-refractivity contribution in [3.05, 3.63) is 100 Å². The summed E-state index contributed by atoms with van der Waals surface area (Å²) in [6.07, 6.45) is -3.35. The van der Waals surface area contributed by atoms with Gasteiger partial charge in [-0.1, -0.05) is 66.2 Å². The predicted molar refractivity (Wildman–Crippen MR) is 149 cm³/mol. The van der Waals surface area contributed by atoms with E-state index in [-0.39, 0.29) is 37.2 Å². The third-order valence-electron chi connectivity index (χ3n) is 7.05. The fraction of sp³-hybridized carbons (Fsp3) is 0.300. The highest BCUT2D eigenvalue weighted by atomic mass is 35.5. The fourth-order valence-electron chi connectivity index (χ4n) is 4.79. The molecule has 210 valence electrons. The first-order valence-electron chi connectivity index (χ1n) is 12.9. The first-order valence-corrected chi connectivity index (χ1v) is 13.3. The number of amides is 3. The zero-order chi connectivity index (χ0) is 28.8. The van der Waals surface area contributed by atoms with Crippen LogP contribution in [0.5, 0.6) is 5.75 Å². The second-order valence-corrected chi connectivity index (χ2v) is 10.2. The predicted octanol–water partition coefficient (Wildman–Crippen LogP) is 3.31. The zero-order valence-electron chi connectivity index (χ0n) is 21.9. The molecule has 4 unspecified atom stereocenters. The lowest BCUT2D eigenvalue weighted by molar-refractivity contribution is -0.146. The van der Waals surface area contributed by atoms with Gasteiger partial charge in [-0.05, 0) is 42.7 Å². The van der Waals surface area contributed by atoms with Crippen molar-refractivity contribution in [2.24, 2.45) is 0 Å². The summed E-state index contributed by atoms with van der Waals surface area (Å²) in [5, 5.41) is 27.1. The quantitative estimate of drug-likeness (QED) is 0.316. The Kier molecular flexibility index (Phi) is 9.39. The Hall–Kier alpha value is -3.95. The zero-order valence-corrected chi connectivity index (χ0v) is 22.6. The maximum absolute atomic E-state index is 14.5. The van der Waals surface area contributed by atoms with Crippen molar-refractivity contribution in [1.29, 1.82) is 0 Å². The van der Waals surface area contributed by atoms with Gasteiger partial charge in [-0.2, -0.15) is 0 Å². The molecular formula is C30H31ClFN3O5. The summed E-state index contributed by atoms with van der Waals surface area (Å²) in [6.45, 7) is 1.31. The van der Waals surface area contributed by atoms with Gasteiger partial charge in [-0.25, -0.2) is 4.39 Å². The molecule has 1 heterocycles. The number of hydrogen-bond acceptors (Lipinski definition) is 5. The lowest BCUT2D eigenvalue weighted by Crippen LogP contribution is -2.55. The van der Waals surface area contributed by atoms with E-state index >= 15 is 0 Å². The smallest absolute Gasteiger partial charge is 0.254 e. The van der Waals surface area contributed by atoms with Crippen LogP contribution in [0.1, 0.15) is 33.5 Å². The molecule has 0 aliphatic carbocycles. The average Bonchev–Trinajstić information content (AvgIpc) is 3.35. The fourth-order valence-corrected chi connectivity index (χ4v) is 4.99. The molecule has 1 aliphatic heterocycles. The highest BCUT2D eigenvalue weighted by molar-refractivity contribution is 6.31. The number of carbonyl (C=O) groups excluding carboxylic acids is 3. The Morgan fingerprint density at radius 1 is 1.05 bits per heavy atom. The van der Waals surface area contributed by atoms with Crippen molar-refractivity contribution in [2.75, 3.05) is 6.54 Å². The van der Waals surface area contributed by atoms with Crippen molar-refractivity contribution >= 4 is 29.3 Å². The van der Waals surface area contributed by atoms with E-state index in [1.165, 1.54) is 18.2 Å². The number of carbonyl (C=O) groups is 3. The average molecular weight is 568 g/mol. The SMILES string of the molecule is Cc1c(O)cccc1C(=O)NC(Cc1ccccc1)C(O)C(=O)N1CC(F)CC1C(=O)NCc1ccccc1Cl. The number of likely N-dealkylation sites (tertiary alicyclic amines) is 1. The number of benzene rings is 3. The van der Waals surface area contributed by atoms with E-state index in [4.69, 9.17) is 11.6 Å². The van der Waals surface area contributed by atoms with Crippen LogP contribution < -0.4 is 10.6 Å². The number of nitrogens with one attached hydrogen (secondary N) is 2. The van der Waals surface area contributed by atoms with Crippen LogP contribution in [0.4, 0.5) is 4.39 Å². The molecule has 0 saturated carbocycles. The van der Waals surface area contributed by atoms with Gasteiger partial charge in [0.1, 0.15) is 18.0 Å². The maximum atomic E-state index is 14.5. The van der Waals surface area contributed by atoms with E-state index in [1.54, 1.807) is 55.5 Å². The van der Waals surface area contributed by atoms with Crippen LogP contribution in [0.25, 0.3) is 0 Å². The van der Waals surface area contributed by atoms with Crippen LogP contribution in [0.2, 0.25) is 5.02 Å². The molecule has 3 aromatic rings. The first-order chi connectivity index (χ1) is 19.2. The second kappa shape index (κ2) is 12.9. The molecular weight excluding hydrogens is 537 g/mol. The number of aliphatic hydroxyl groups excluding tert-OH is 1. The van der Waals surface area contributed by atoms with Crippen molar-refractivity contribution in [3.8, 4) is 5.75 Å². The van der Waals surface area contributed by atoms with E-state index in [9.17, 15) is 29.0 Å². The Bertz CT molecular complexity index is 1370. The minimum atomic E-state index is -1.77. The summed E-state index contributed by atoms with van der Waals surface area (Å²) >= 11 is 6.16. The highest BCUT2D eigenvalue weighted by Crippen LogP contribution is 2.24. The van der Waals surface area contributed by atoms with Crippen LogP contribution >= 0.6 is 11.6 Å². The molecule has 4 atom stereocenters. The molecule has 40 heavy (non-hydrogen) atoms. The standard InChI is InChI=1S/C30H31ClFN3O5/c1-18-22(11-7-13-26(18)36)28(38)34-24(14-19-8-3-2-4-9-19)27(37)30(40)35-17-21(32)15-25(35)29(39)33-16-20-10-5-6-12-23(20)31/h2-13,21,24-25,27,36-37H,14-17H2,1H3,(H,33,39)(H,34,38). The molecule has 3 amide bonds. The normalized spacial score (nSPS) is 18.1. The Morgan fingerprint density at radius 2 is 1.75 bits per heavy atom. The minimum Gasteiger partial charge on any atom is -0.508 e. The molecule has 0 spiro atoms. The van der Waals surface area contributed by atoms with Gasteiger partial charge in [0.2, 0.25) is 5.91 Å². The summed E-state index contributed by atoms with van der Waals surface area (Å²) in [7, 11) is 0. The Balaban J connectivity index is 1.52. The number of hydrogen-bond donors (Lipinski definition) is 4. The van der Waals surface area contributed by atoms with E-state index < -0.39 is 42.1 Å². The van der Waals surface area contributed by atoms with Gasteiger partial charge in [0, 0.05) is 29.1 Å². The van der Waals surface area contributed by atoms with Crippen LogP contribution in [-0.4, -0.2) is 63.7 Å². The molecule has 1 aliphatic rings. The van der Waals surface area contributed by atoms with E-state index in [1.807, 2.05) is 6.07 Å². The van der Waals surface area contributed by atoms with Crippen LogP contribution in [-0.2, 0) is 22.6 Å². The first kappa shape index (κ1) is 29.0. The summed E-state index contributed by atoms with van der Waals surface area (Å²) in [6, 6.07) is 18.2. The molecule has 8 nitrogen and oxygen atoms in total. The molecule has 1 fully saturated rings. The molecule has 0 aromatic heterocycles. The molecule has 1 saturated heterocycles. The number of alkyl halides is 1. The van der Waals surface area contributed by atoms with Crippen molar-refractivity contribution in [1.82, 2.24) is 15.5 Å². The minimum absolute atomic E-state index is 0.0689. The van der Waals surface area contributed by atoms with Gasteiger partial charge in [0.25, 0.3) is 11.8 Å². The van der Waals surface area contributed by atoms with Crippen LogP contribution in [0.15, 0.2) is 72.8 Å². The van der Waals surface area contributed by atoms with Crippen LogP contribution in [0, 0.1) is 6.92 Å². The number of phenols is 1. The maximum Gasteiger partial charge on any atom is 0.254 e. The van der Waals surface area contributed by atoms with E-state index in [0.29, 0.717) is 16.1 Å². The lowest BCUT2D eigenvalue weighted by Gasteiger charge is -2.30. The van der Waals surface area contributed by atoms with Gasteiger partial charge in [0.05, 0.1) is 12.6 Å². The van der Waals surface area contributed by atoms with Gasteiger partial charge in [0.15, 0.2) is 6.10 Å². The summed E-state index contributed by atoms with van der Waals surface area (Å²) in [4.78, 5) is 40.7. The number of rotatable bonds is 9. The third kappa shape index (κ3) is 6.78. The number of nitrogens with zero attached hydrogens (tertiary/aromatic N) is 1. The largest absolute Gasteiger partial charge is 0.508 e. The molecule has 10 heteroatoms. The number of phenolic OH excluding ortho intramolecular Hbond substituents is 1. The molecule has 4 N–H and O–H groups in total. The monoisotopic (exact) mass is 567 g/mol.